The quantitative estimate of drug-likeness (QED) is 0.781. The van der Waals surface area contributed by atoms with Crippen LogP contribution in [-0.2, 0) is 4.79 Å². The molecule has 0 spiro atoms. The van der Waals surface area contributed by atoms with Gasteiger partial charge in [-0.05, 0) is 19.3 Å². The Morgan fingerprint density at radius 3 is 2.28 bits per heavy atom. The number of nitrogens with two attached hydrogens (primary N) is 1. The fourth-order valence-electron chi connectivity index (χ4n) is 2.69. The minimum Gasteiger partial charge on any atom is -0.392 e. The molecule has 0 saturated heterocycles. The molecule has 3 nitrogen and oxygen atoms in total. The second-order valence-electron chi connectivity index (χ2n) is 5.27. The van der Waals surface area contributed by atoms with E-state index in [0.29, 0.717) is 11.5 Å². The molecule has 1 aliphatic carbocycles. The normalized spacial score (nSPS) is 17.8. The summed E-state index contributed by atoms with van der Waals surface area (Å²) in [6.45, 7) is 3.29. The van der Waals surface area contributed by atoms with Gasteiger partial charge >= 0.3 is 0 Å². The van der Waals surface area contributed by atoms with E-state index in [9.17, 15) is 4.79 Å². The Hall–Kier alpha value is -0.640. The van der Waals surface area contributed by atoms with Crippen molar-refractivity contribution in [3.8, 4) is 0 Å². The van der Waals surface area contributed by atoms with Gasteiger partial charge in [-0.2, -0.15) is 0 Å². The molecule has 2 N–H and O–H groups in total. The van der Waals surface area contributed by atoms with E-state index >= 15 is 0 Å². The third-order valence-corrected chi connectivity index (χ3v) is 3.74. The average Bonchev–Trinajstić information content (AvgIpc) is 2.26. The number of hydrogen-bond acceptors (Lipinski definition) is 2. The van der Waals surface area contributed by atoms with Gasteiger partial charge in [0, 0.05) is 12.5 Å². The zero-order valence-electron chi connectivity index (χ0n) is 11.5. The molecule has 0 atom stereocenters. The van der Waals surface area contributed by atoms with Crippen LogP contribution in [0.4, 0.5) is 0 Å². The molecule has 18 heavy (non-hydrogen) atoms. The van der Waals surface area contributed by atoms with Crippen LogP contribution in [-0.4, -0.2) is 28.9 Å². The first-order valence-corrected chi connectivity index (χ1v) is 7.63. The Morgan fingerprint density at radius 1 is 1.22 bits per heavy atom. The van der Waals surface area contributed by atoms with Gasteiger partial charge in [-0.15, -0.1) is 0 Å². The Labute approximate surface area is 116 Å². The molecule has 0 heterocycles. The van der Waals surface area contributed by atoms with E-state index in [1.54, 1.807) is 0 Å². The van der Waals surface area contributed by atoms with E-state index in [2.05, 4.69) is 6.92 Å². The number of carbonyl (C=O) groups excluding carboxylic acids is 1. The Morgan fingerprint density at radius 2 is 1.78 bits per heavy atom. The van der Waals surface area contributed by atoms with E-state index in [-0.39, 0.29) is 11.8 Å². The maximum atomic E-state index is 12.5. The van der Waals surface area contributed by atoms with Gasteiger partial charge in [-0.3, -0.25) is 4.79 Å². The van der Waals surface area contributed by atoms with Crippen molar-refractivity contribution in [2.24, 2.45) is 11.7 Å². The number of hydrogen-bond donors (Lipinski definition) is 1. The van der Waals surface area contributed by atoms with Gasteiger partial charge in [0.05, 0.1) is 11.5 Å². The SMILES string of the molecule is CCCN(CC(N)=S)C(=O)C1CCCCCCC1. The smallest absolute Gasteiger partial charge is 0.226 e. The Kier molecular flexibility index (Phi) is 7.25. The summed E-state index contributed by atoms with van der Waals surface area (Å²) in [5, 5.41) is 0. The molecule has 0 aromatic rings. The number of carbonyl (C=O) groups is 1. The van der Waals surface area contributed by atoms with Gasteiger partial charge in [0.1, 0.15) is 0 Å². The highest BCUT2D eigenvalue weighted by Gasteiger charge is 2.24. The van der Waals surface area contributed by atoms with Crippen molar-refractivity contribution in [3.63, 3.8) is 0 Å². The maximum Gasteiger partial charge on any atom is 0.226 e. The first kappa shape index (κ1) is 15.4. The molecule has 0 aromatic carbocycles. The molecular formula is C14H26N2OS. The highest BCUT2D eigenvalue weighted by Crippen LogP contribution is 2.24. The molecule has 4 heteroatoms. The second-order valence-corrected chi connectivity index (χ2v) is 5.79. The van der Waals surface area contributed by atoms with Gasteiger partial charge in [-0.25, -0.2) is 0 Å². The molecule has 1 saturated carbocycles. The molecular weight excluding hydrogens is 244 g/mol. The summed E-state index contributed by atoms with van der Waals surface area (Å²) in [6, 6.07) is 0. The minimum absolute atomic E-state index is 0.200. The maximum absolute atomic E-state index is 12.5. The molecule has 0 radical (unpaired) electrons. The number of amides is 1. The third kappa shape index (κ3) is 5.34. The van der Waals surface area contributed by atoms with Crippen LogP contribution in [0.15, 0.2) is 0 Å². The van der Waals surface area contributed by atoms with E-state index in [1.807, 2.05) is 4.90 Å². The molecule has 1 amide bonds. The van der Waals surface area contributed by atoms with Crippen molar-refractivity contribution in [2.75, 3.05) is 13.1 Å². The summed E-state index contributed by atoms with van der Waals surface area (Å²) in [4.78, 5) is 14.8. The fourth-order valence-corrected chi connectivity index (χ4v) is 2.84. The summed E-state index contributed by atoms with van der Waals surface area (Å²) < 4.78 is 0. The van der Waals surface area contributed by atoms with Crippen molar-refractivity contribution < 1.29 is 4.79 Å². The summed E-state index contributed by atoms with van der Waals surface area (Å²) in [5.74, 6) is 0.470. The van der Waals surface area contributed by atoms with Crippen LogP contribution in [0.5, 0.6) is 0 Å². The van der Waals surface area contributed by atoms with Gasteiger partial charge in [0.25, 0.3) is 0 Å². The van der Waals surface area contributed by atoms with E-state index in [1.165, 1.54) is 32.1 Å². The van der Waals surface area contributed by atoms with Crippen molar-refractivity contribution >= 4 is 23.1 Å². The molecule has 0 aromatic heterocycles. The minimum atomic E-state index is 0.200. The van der Waals surface area contributed by atoms with Crippen LogP contribution >= 0.6 is 12.2 Å². The summed E-state index contributed by atoms with van der Waals surface area (Å²) in [7, 11) is 0. The van der Waals surface area contributed by atoms with Crippen LogP contribution in [0.3, 0.4) is 0 Å². The van der Waals surface area contributed by atoms with E-state index in [4.69, 9.17) is 18.0 Å². The molecule has 104 valence electrons. The van der Waals surface area contributed by atoms with Gasteiger partial charge in [-0.1, -0.05) is 51.2 Å². The van der Waals surface area contributed by atoms with Crippen molar-refractivity contribution in [1.29, 1.82) is 0 Å². The first-order valence-electron chi connectivity index (χ1n) is 7.22. The molecule has 0 bridgehead atoms. The van der Waals surface area contributed by atoms with Gasteiger partial charge in [0.15, 0.2) is 0 Å². The third-order valence-electron chi connectivity index (χ3n) is 3.61. The largest absolute Gasteiger partial charge is 0.392 e. The van der Waals surface area contributed by atoms with Crippen molar-refractivity contribution in [1.82, 2.24) is 4.90 Å². The van der Waals surface area contributed by atoms with E-state index in [0.717, 1.165) is 25.8 Å². The summed E-state index contributed by atoms with van der Waals surface area (Å²) in [6.07, 6.45) is 9.27. The van der Waals surface area contributed by atoms with E-state index < -0.39 is 0 Å². The Bertz CT molecular complexity index is 273. The predicted molar refractivity (Wildman–Crippen MR) is 79.5 cm³/mol. The standard InChI is InChI=1S/C14H26N2OS/c1-2-10-16(11-13(15)18)14(17)12-8-6-4-3-5-7-9-12/h12H,2-11H2,1H3,(H2,15,18). The van der Waals surface area contributed by atoms with Crippen LogP contribution in [0.2, 0.25) is 0 Å². The zero-order valence-corrected chi connectivity index (χ0v) is 12.3. The van der Waals surface area contributed by atoms with Crippen LogP contribution < -0.4 is 5.73 Å². The van der Waals surface area contributed by atoms with Gasteiger partial charge < -0.3 is 10.6 Å². The lowest BCUT2D eigenvalue weighted by atomic mass is 9.90. The lowest BCUT2D eigenvalue weighted by molar-refractivity contribution is -0.135. The second kappa shape index (κ2) is 8.46. The fraction of sp³-hybridized carbons (Fsp3) is 0.857. The summed E-state index contributed by atoms with van der Waals surface area (Å²) >= 11 is 4.94. The molecule has 1 fully saturated rings. The average molecular weight is 270 g/mol. The van der Waals surface area contributed by atoms with Gasteiger partial charge in [0.2, 0.25) is 5.91 Å². The van der Waals surface area contributed by atoms with Crippen LogP contribution in [0.25, 0.3) is 0 Å². The first-order chi connectivity index (χ1) is 8.65. The van der Waals surface area contributed by atoms with Crippen molar-refractivity contribution in [3.05, 3.63) is 0 Å². The lowest BCUT2D eigenvalue weighted by Crippen LogP contribution is -2.41. The molecule has 0 aliphatic heterocycles. The Balaban J connectivity index is 2.58. The topological polar surface area (TPSA) is 46.3 Å². The molecule has 0 unspecified atom stereocenters. The number of thiocarbonyl (C=S) groups is 1. The van der Waals surface area contributed by atoms with Crippen LogP contribution in [0, 0.1) is 5.92 Å². The highest BCUT2D eigenvalue weighted by atomic mass is 32.1. The molecule has 1 rings (SSSR count). The zero-order chi connectivity index (χ0) is 13.4. The lowest BCUT2D eigenvalue weighted by Gasteiger charge is -2.27. The number of nitrogens with zero attached hydrogens (tertiary/aromatic N) is 1. The highest BCUT2D eigenvalue weighted by molar-refractivity contribution is 7.80. The van der Waals surface area contributed by atoms with Crippen molar-refractivity contribution in [2.45, 2.75) is 58.3 Å². The monoisotopic (exact) mass is 270 g/mol. The predicted octanol–water partition coefficient (Wildman–Crippen LogP) is 2.87. The molecule has 1 aliphatic rings. The number of rotatable bonds is 5. The van der Waals surface area contributed by atoms with Crippen LogP contribution in [0.1, 0.15) is 58.3 Å². The summed E-state index contributed by atoms with van der Waals surface area (Å²) in [5.41, 5.74) is 5.58.